The van der Waals surface area contributed by atoms with E-state index in [1.807, 2.05) is 67.3 Å². The highest BCUT2D eigenvalue weighted by Gasteiger charge is 2.27. The topological polar surface area (TPSA) is 80.1 Å². The largest absolute Gasteiger partial charge is 0.343 e. The Morgan fingerprint density at radius 2 is 1.81 bits per heavy atom. The van der Waals surface area contributed by atoms with Gasteiger partial charge in [0, 0.05) is 31.1 Å². The second kappa shape index (κ2) is 9.77. The zero-order valence-electron chi connectivity index (χ0n) is 18.6. The van der Waals surface area contributed by atoms with E-state index in [9.17, 15) is 9.59 Å². The second-order valence-corrected chi connectivity index (χ2v) is 8.37. The van der Waals surface area contributed by atoms with Crippen LogP contribution < -0.4 is 5.32 Å². The van der Waals surface area contributed by atoms with E-state index in [0.717, 1.165) is 23.6 Å². The number of carbonyl (C=O) groups is 2. The summed E-state index contributed by atoms with van der Waals surface area (Å²) in [6.07, 6.45) is 4.28. The molecular weight excluding hydrogens is 402 g/mol. The van der Waals surface area contributed by atoms with Crippen LogP contribution in [0.25, 0.3) is 5.82 Å². The average molecular weight is 432 g/mol. The zero-order valence-corrected chi connectivity index (χ0v) is 18.6. The number of pyridine rings is 1. The Labute approximate surface area is 188 Å². The molecule has 3 aromatic rings. The molecule has 166 valence electrons. The molecule has 2 aromatic heterocycles. The van der Waals surface area contributed by atoms with Crippen molar-refractivity contribution in [1.82, 2.24) is 19.7 Å². The molecule has 0 saturated carbocycles. The molecule has 0 bridgehead atoms. The lowest BCUT2D eigenvalue weighted by atomic mass is 9.95. The first-order valence-electron chi connectivity index (χ1n) is 11.1. The van der Waals surface area contributed by atoms with Crippen molar-refractivity contribution >= 4 is 17.5 Å². The molecule has 7 nitrogen and oxygen atoms in total. The third-order valence-corrected chi connectivity index (χ3v) is 5.93. The van der Waals surface area contributed by atoms with Gasteiger partial charge in [0.25, 0.3) is 0 Å². The number of nitrogens with zero attached hydrogens (tertiary/aromatic N) is 4. The number of benzene rings is 1. The van der Waals surface area contributed by atoms with Crippen molar-refractivity contribution in [2.45, 2.75) is 39.5 Å². The molecule has 1 fully saturated rings. The quantitative estimate of drug-likeness (QED) is 0.645. The van der Waals surface area contributed by atoms with Gasteiger partial charge in [0.05, 0.1) is 17.6 Å². The van der Waals surface area contributed by atoms with E-state index in [0.29, 0.717) is 38.0 Å². The highest BCUT2D eigenvalue weighted by molar-refractivity contribution is 5.92. The number of amides is 2. The number of hydrogen-bond acceptors (Lipinski definition) is 4. The van der Waals surface area contributed by atoms with Crippen molar-refractivity contribution in [1.29, 1.82) is 0 Å². The third-order valence-electron chi connectivity index (χ3n) is 5.93. The van der Waals surface area contributed by atoms with Crippen LogP contribution in [0, 0.1) is 19.8 Å². The fourth-order valence-electron chi connectivity index (χ4n) is 4.14. The lowest BCUT2D eigenvalue weighted by molar-refractivity contribution is -0.134. The number of rotatable bonds is 6. The summed E-state index contributed by atoms with van der Waals surface area (Å²) in [5, 5.41) is 7.40. The van der Waals surface area contributed by atoms with Crippen LogP contribution in [0.4, 0.5) is 5.69 Å². The van der Waals surface area contributed by atoms with Crippen molar-refractivity contribution in [3.8, 4) is 5.82 Å². The number of hydrogen-bond donors (Lipinski definition) is 1. The third kappa shape index (κ3) is 5.22. The van der Waals surface area contributed by atoms with Crippen LogP contribution in [0.2, 0.25) is 0 Å². The molecule has 1 aromatic carbocycles. The lowest BCUT2D eigenvalue weighted by Gasteiger charge is -2.31. The Morgan fingerprint density at radius 1 is 1.06 bits per heavy atom. The van der Waals surface area contributed by atoms with Crippen molar-refractivity contribution < 1.29 is 9.59 Å². The number of nitrogens with one attached hydrogen (secondary N) is 1. The summed E-state index contributed by atoms with van der Waals surface area (Å²) in [6.45, 7) is 5.18. The molecule has 1 saturated heterocycles. The number of carbonyl (C=O) groups excluding carboxylic acids is 2. The van der Waals surface area contributed by atoms with Crippen LogP contribution in [0.1, 0.15) is 36.2 Å². The van der Waals surface area contributed by atoms with Gasteiger partial charge in [-0.05, 0) is 56.9 Å². The van der Waals surface area contributed by atoms with Crippen LogP contribution in [0.5, 0.6) is 0 Å². The fraction of sp³-hybridized carbons (Fsp3) is 0.360. The Balaban J connectivity index is 1.25. The van der Waals surface area contributed by atoms with E-state index in [2.05, 4.69) is 15.4 Å². The molecular formula is C25H29N5O2. The van der Waals surface area contributed by atoms with Gasteiger partial charge in [0.15, 0.2) is 5.82 Å². The highest BCUT2D eigenvalue weighted by atomic mass is 16.2. The van der Waals surface area contributed by atoms with E-state index in [-0.39, 0.29) is 17.7 Å². The number of anilines is 1. The SMILES string of the molecule is Cc1cc(C)n(-c2ccc(NC(=O)C3CCN(C(=O)CCc4ccccc4)CC3)cn2)n1. The monoisotopic (exact) mass is 431 g/mol. The first-order valence-corrected chi connectivity index (χ1v) is 11.1. The molecule has 0 radical (unpaired) electrons. The van der Waals surface area contributed by atoms with Gasteiger partial charge >= 0.3 is 0 Å². The van der Waals surface area contributed by atoms with Gasteiger partial charge in [-0.25, -0.2) is 9.67 Å². The van der Waals surface area contributed by atoms with Gasteiger partial charge in [-0.15, -0.1) is 0 Å². The first kappa shape index (κ1) is 21.7. The molecule has 1 N–H and O–H groups in total. The Kier molecular flexibility index (Phi) is 6.63. The predicted octanol–water partition coefficient (Wildman–Crippen LogP) is 3.69. The number of likely N-dealkylation sites (tertiary alicyclic amines) is 1. The van der Waals surface area contributed by atoms with Crippen LogP contribution in [-0.4, -0.2) is 44.6 Å². The summed E-state index contributed by atoms with van der Waals surface area (Å²) >= 11 is 0. The van der Waals surface area contributed by atoms with Gasteiger partial charge in [-0.2, -0.15) is 5.10 Å². The molecule has 1 aliphatic rings. The van der Waals surface area contributed by atoms with Gasteiger partial charge in [-0.1, -0.05) is 30.3 Å². The normalized spacial score (nSPS) is 14.4. The maximum Gasteiger partial charge on any atom is 0.227 e. The van der Waals surface area contributed by atoms with Gasteiger partial charge in [0.2, 0.25) is 11.8 Å². The summed E-state index contributed by atoms with van der Waals surface area (Å²) in [5.74, 6) is 0.776. The van der Waals surface area contributed by atoms with Gasteiger partial charge in [0.1, 0.15) is 0 Å². The minimum absolute atomic E-state index is 0.0120. The first-order chi connectivity index (χ1) is 15.5. The van der Waals surface area contributed by atoms with E-state index < -0.39 is 0 Å². The maximum absolute atomic E-state index is 12.7. The van der Waals surface area contributed by atoms with Crippen LogP contribution >= 0.6 is 0 Å². The molecule has 0 atom stereocenters. The molecule has 2 amide bonds. The summed E-state index contributed by atoms with van der Waals surface area (Å²) in [5.41, 5.74) is 3.79. The summed E-state index contributed by atoms with van der Waals surface area (Å²) in [7, 11) is 0. The molecule has 0 spiro atoms. The highest BCUT2D eigenvalue weighted by Crippen LogP contribution is 2.21. The smallest absolute Gasteiger partial charge is 0.227 e. The van der Waals surface area contributed by atoms with E-state index in [1.54, 1.807) is 10.9 Å². The van der Waals surface area contributed by atoms with Crippen molar-refractivity contribution in [3.63, 3.8) is 0 Å². The van der Waals surface area contributed by atoms with E-state index in [4.69, 9.17) is 0 Å². The molecule has 3 heterocycles. The summed E-state index contributed by atoms with van der Waals surface area (Å²) < 4.78 is 1.78. The van der Waals surface area contributed by atoms with E-state index in [1.165, 1.54) is 5.56 Å². The zero-order chi connectivity index (χ0) is 22.5. The van der Waals surface area contributed by atoms with Crippen LogP contribution in [0.15, 0.2) is 54.7 Å². The van der Waals surface area contributed by atoms with Crippen LogP contribution in [-0.2, 0) is 16.0 Å². The molecule has 32 heavy (non-hydrogen) atoms. The summed E-state index contributed by atoms with van der Waals surface area (Å²) in [6, 6.07) is 15.7. The van der Waals surface area contributed by atoms with E-state index >= 15 is 0 Å². The lowest BCUT2D eigenvalue weighted by Crippen LogP contribution is -2.41. The number of aryl methyl sites for hydroxylation is 3. The van der Waals surface area contributed by atoms with Crippen LogP contribution in [0.3, 0.4) is 0 Å². The van der Waals surface area contributed by atoms with Crippen molar-refractivity contribution in [3.05, 3.63) is 71.7 Å². The molecule has 0 aliphatic carbocycles. The van der Waals surface area contributed by atoms with Gasteiger partial charge < -0.3 is 10.2 Å². The molecule has 7 heteroatoms. The average Bonchev–Trinajstić information content (AvgIpc) is 3.16. The number of piperidine rings is 1. The van der Waals surface area contributed by atoms with Crippen molar-refractivity contribution in [2.24, 2.45) is 5.92 Å². The van der Waals surface area contributed by atoms with Gasteiger partial charge in [-0.3, -0.25) is 9.59 Å². The predicted molar refractivity (Wildman–Crippen MR) is 124 cm³/mol. The Bertz CT molecular complexity index is 1070. The molecule has 4 rings (SSSR count). The minimum Gasteiger partial charge on any atom is -0.343 e. The fourth-order valence-corrected chi connectivity index (χ4v) is 4.14. The molecule has 0 unspecified atom stereocenters. The Hall–Kier alpha value is -3.48. The number of aromatic nitrogens is 3. The van der Waals surface area contributed by atoms with Crippen molar-refractivity contribution in [2.75, 3.05) is 18.4 Å². The summed E-state index contributed by atoms with van der Waals surface area (Å²) in [4.78, 5) is 31.6. The second-order valence-electron chi connectivity index (χ2n) is 8.37. The maximum atomic E-state index is 12.7. The Morgan fingerprint density at radius 3 is 2.44 bits per heavy atom. The standard InChI is InChI=1S/C25H29N5O2/c1-18-16-19(2)30(28-18)23-10-9-22(17-26-23)27-25(32)21-12-14-29(15-13-21)24(31)11-8-20-6-4-3-5-7-20/h3-7,9-10,16-17,21H,8,11-15H2,1-2H3,(H,27,32). The minimum atomic E-state index is -0.0936. The molecule has 1 aliphatic heterocycles.